The molecule has 1 aromatic heterocycles. The summed E-state index contributed by atoms with van der Waals surface area (Å²) >= 11 is 5.96. The van der Waals surface area contributed by atoms with Crippen LogP contribution in [0.2, 0.25) is 5.02 Å². The molecule has 3 N–H and O–H groups in total. The number of halogens is 1. The van der Waals surface area contributed by atoms with Crippen LogP contribution >= 0.6 is 11.6 Å². The van der Waals surface area contributed by atoms with Crippen molar-refractivity contribution in [3.05, 3.63) is 35.0 Å². The molecule has 0 aliphatic carbocycles. The Hall–Kier alpha value is -1.52. The largest absolute Gasteiger partial charge is 0.365 e. The van der Waals surface area contributed by atoms with Crippen molar-refractivity contribution in [1.82, 2.24) is 15.5 Å². The lowest BCUT2D eigenvalue weighted by molar-refractivity contribution is 0.478. The minimum Gasteiger partial charge on any atom is -0.365 e. The molecule has 5 heteroatoms. The molecular formula is C15H19ClN4. The molecule has 0 bridgehead atoms. The number of anilines is 1. The zero-order valence-corrected chi connectivity index (χ0v) is 12.3. The van der Waals surface area contributed by atoms with Gasteiger partial charge in [0.25, 0.3) is 0 Å². The highest BCUT2D eigenvalue weighted by Gasteiger charge is 2.18. The first-order valence-electron chi connectivity index (χ1n) is 7.02. The van der Waals surface area contributed by atoms with Gasteiger partial charge < -0.3 is 10.6 Å². The predicted octanol–water partition coefficient (Wildman–Crippen LogP) is 3.20. The highest BCUT2D eigenvalue weighted by Crippen LogP contribution is 2.31. The smallest absolute Gasteiger partial charge is 0.156 e. The van der Waals surface area contributed by atoms with E-state index in [1.807, 2.05) is 31.2 Å². The lowest BCUT2D eigenvalue weighted by atomic mass is 10.0. The molecular weight excluding hydrogens is 272 g/mol. The molecule has 106 valence electrons. The van der Waals surface area contributed by atoms with Gasteiger partial charge in [0, 0.05) is 22.3 Å². The average Bonchev–Trinajstić information content (AvgIpc) is 2.82. The summed E-state index contributed by atoms with van der Waals surface area (Å²) in [6, 6.07) is 8.39. The SMILES string of the molecule is Cc1[nH]nc(NC2CCNCC2)c1-c1ccc(Cl)cc1. The fourth-order valence-corrected chi connectivity index (χ4v) is 2.79. The van der Waals surface area contributed by atoms with E-state index in [4.69, 9.17) is 11.6 Å². The summed E-state index contributed by atoms with van der Waals surface area (Å²) in [5.74, 6) is 0.941. The van der Waals surface area contributed by atoms with Crippen LogP contribution in [-0.2, 0) is 0 Å². The van der Waals surface area contributed by atoms with E-state index in [-0.39, 0.29) is 0 Å². The summed E-state index contributed by atoms with van der Waals surface area (Å²) in [5.41, 5.74) is 3.35. The predicted molar refractivity (Wildman–Crippen MR) is 83.3 cm³/mol. The van der Waals surface area contributed by atoms with Gasteiger partial charge in [0.15, 0.2) is 5.82 Å². The third kappa shape index (κ3) is 2.81. The topological polar surface area (TPSA) is 52.7 Å². The average molecular weight is 291 g/mol. The molecule has 0 atom stereocenters. The second-order valence-electron chi connectivity index (χ2n) is 5.25. The zero-order valence-electron chi connectivity index (χ0n) is 11.5. The summed E-state index contributed by atoms with van der Waals surface area (Å²) in [7, 11) is 0. The highest BCUT2D eigenvalue weighted by molar-refractivity contribution is 6.30. The van der Waals surface area contributed by atoms with Crippen molar-refractivity contribution in [2.24, 2.45) is 0 Å². The van der Waals surface area contributed by atoms with Crippen molar-refractivity contribution in [2.75, 3.05) is 18.4 Å². The van der Waals surface area contributed by atoms with E-state index in [1.165, 1.54) is 0 Å². The highest BCUT2D eigenvalue weighted by atomic mass is 35.5. The summed E-state index contributed by atoms with van der Waals surface area (Å²) in [5, 5.41) is 15.2. The van der Waals surface area contributed by atoms with Crippen molar-refractivity contribution in [3.63, 3.8) is 0 Å². The van der Waals surface area contributed by atoms with E-state index in [2.05, 4.69) is 20.8 Å². The number of aromatic nitrogens is 2. The first-order valence-corrected chi connectivity index (χ1v) is 7.40. The van der Waals surface area contributed by atoms with E-state index in [1.54, 1.807) is 0 Å². The number of H-pyrrole nitrogens is 1. The molecule has 1 aliphatic rings. The van der Waals surface area contributed by atoms with Gasteiger partial charge in [0.05, 0.1) is 0 Å². The van der Waals surface area contributed by atoms with Gasteiger partial charge in [-0.15, -0.1) is 0 Å². The Kier molecular flexibility index (Phi) is 3.94. The van der Waals surface area contributed by atoms with E-state index in [9.17, 15) is 0 Å². The quantitative estimate of drug-likeness (QED) is 0.814. The lowest BCUT2D eigenvalue weighted by Crippen LogP contribution is -2.35. The van der Waals surface area contributed by atoms with E-state index >= 15 is 0 Å². The molecule has 20 heavy (non-hydrogen) atoms. The normalized spacial score (nSPS) is 16.3. The number of nitrogens with zero attached hydrogens (tertiary/aromatic N) is 1. The molecule has 0 amide bonds. The van der Waals surface area contributed by atoms with Crippen LogP contribution in [-0.4, -0.2) is 29.3 Å². The molecule has 0 saturated carbocycles. The molecule has 4 nitrogen and oxygen atoms in total. The molecule has 1 fully saturated rings. The van der Waals surface area contributed by atoms with E-state index in [0.29, 0.717) is 6.04 Å². The Balaban J connectivity index is 1.86. The monoisotopic (exact) mass is 290 g/mol. The third-order valence-electron chi connectivity index (χ3n) is 3.76. The number of aromatic amines is 1. The van der Waals surface area contributed by atoms with Crippen LogP contribution in [0.5, 0.6) is 0 Å². The van der Waals surface area contributed by atoms with Crippen LogP contribution in [0.1, 0.15) is 18.5 Å². The van der Waals surface area contributed by atoms with Gasteiger partial charge in [-0.2, -0.15) is 5.10 Å². The third-order valence-corrected chi connectivity index (χ3v) is 4.01. The van der Waals surface area contributed by atoms with Crippen molar-refractivity contribution in [3.8, 4) is 11.1 Å². The fraction of sp³-hybridized carbons (Fsp3) is 0.400. The van der Waals surface area contributed by atoms with Crippen molar-refractivity contribution < 1.29 is 0 Å². The van der Waals surface area contributed by atoms with Crippen LogP contribution in [0.15, 0.2) is 24.3 Å². The van der Waals surface area contributed by atoms with Gasteiger partial charge in [-0.3, -0.25) is 5.10 Å². The zero-order chi connectivity index (χ0) is 13.9. The Morgan fingerprint density at radius 1 is 1.20 bits per heavy atom. The number of benzene rings is 1. The maximum Gasteiger partial charge on any atom is 0.156 e. The Morgan fingerprint density at radius 3 is 2.60 bits per heavy atom. The summed E-state index contributed by atoms with van der Waals surface area (Å²) in [4.78, 5) is 0. The molecule has 2 aromatic rings. The fourth-order valence-electron chi connectivity index (χ4n) is 2.66. The number of nitrogens with one attached hydrogen (secondary N) is 3. The van der Waals surface area contributed by atoms with Crippen molar-refractivity contribution >= 4 is 17.4 Å². The molecule has 1 aliphatic heterocycles. The number of rotatable bonds is 3. The molecule has 3 rings (SSSR count). The maximum absolute atomic E-state index is 5.96. The standard InChI is InChI=1S/C15H19ClN4/c1-10-14(11-2-4-12(16)5-3-11)15(20-19-10)18-13-6-8-17-9-7-13/h2-5,13,17H,6-9H2,1H3,(H2,18,19,20). The molecule has 0 unspecified atom stereocenters. The summed E-state index contributed by atoms with van der Waals surface area (Å²) in [6.07, 6.45) is 2.26. The minimum atomic E-state index is 0.491. The van der Waals surface area contributed by atoms with E-state index < -0.39 is 0 Å². The van der Waals surface area contributed by atoms with Gasteiger partial charge in [-0.05, 0) is 50.6 Å². The van der Waals surface area contributed by atoms with Crippen LogP contribution in [0.25, 0.3) is 11.1 Å². The van der Waals surface area contributed by atoms with Crippen LogP contribution in [0, 0.1) is 6.92 Å². The van der Waals surface area contributed by atoms with Gasteiger partial charge in [-0.1, -0.05) is 23.7 Å². The van der Waals surface area contributed by atoms with E-state index in [0.717, 1.165) is 53.6 Å². The van der Waals surface area contributed by atoms with Gasteiger partial charge in [0.1, 0.15) is 0 Å². The van der Waals surface area contributed by atoms with Crippen LogP contribution in [0.3, 0.4) is 0 Å². The van der Waals surface area contributed by atoms with Gasteiger partial charge in [0.2, 0.25) is 0 Å². The Bertz CT molecular complexity index is 570. The number of hydrogen-bond donors (Lipinski definition) is 3. The van der Waals surface area contributed by atoms with Gasteiger partial charge >= 0.3 is 0 Å². The Labute approximate surface area is 123 Å². The second-order valence-corrected chi connectivity index (χ2v) is 5.68. The summed E-state index contributed by atoms with van der Waals surface area (Å²) < 4.78 is 0. The first kappa shape index (κ1) is 13.5. The van der Waals surface area contributed by atoms with Crippen molar-refractivity contribution in [1.29, 1.82) is 0 Å². The molecule has 1 aromatic carbocycles. The Morgan fingerprint density at radius 2 is 1.90 bits per heavy atom. The minimum absolute atomic E-state index is 0.491. The maximum atomic E-state index is 5.96. The lowest BCUT2D eigenvalue weighted by Gasteiger charge is -2.24. The first-order chi connectivity index (χ1) is 9.74. The van der Waals surface area contributed by atoms with Crippen LogP contribution < -0.4 is 10.6 Å². The molecule has 0 spiro atoms. The number of hydrogen-bond acceptors (Lipinski definition) is 3. The second kappa shape index (κ2) is 5.85. The molecule has 2 heterocycles. The summed E-state index contributed by atoms with van der Waals surface area (Å²) in [6.45, 7) is 4.18. The number of piperidine rings is 1. The molecule has 1 saturated heterocycles. The number of aryl methyl sites for hydroxylation is 1. The van der Waals surface area contributed by atoms with Crippen molar-refractivity contribution in [2.45, 2.75) is 25.8 Å². The van der Waals surface area contributed by atoms with Gasteiger partial charge in [-0.25, -0.2) is 0 Å². The molecule has 0 radical (unpaired) electrons. The van der Waals surface area contributed by atoms with Crippen LogP contribution in [0.4, 0.5) is 5.82 Å².